The Kier molecular flexibility index (Phi) is 3.99. The highest BCUT2D eigenvalue weighted by Gasteiger charge is 2.15. The topological polar surface area (TPSA) is 66.4 Å². The number of aliphatic hydroxyl groups excluding tert-OH is 1. The first-order chi connectivity index (χ1) is 4.87. The fourth-order valence-corrected chi connectivity index (χ4v) is 1.56. The molecule has 0 aromatic rings. The molecule has 0 saturated heterocycles. The van der Waals surface area contributed by atoms with Gasteiger partial charge in [-0.2, -0.15) is 0 Å². The van der Waals surface area contributed by atoms with Gasteiger partial charge in [-0.25, -0.2) is 13.1 Å². The van der Waals surface area contributed by atoms with Crippen LogP contribution in [0.3, 0.4) is 0 Å². The van der Waals surface area contributed by atoms with E-state index in [-0.39, 0.29) is 18.6 Å². The van der Waals surface area contributed by atoms with E-state index in [1.165, 1.54) is 0 Å². The molecule has 0 radical (unpaired) electrons. The molecule has 1 atom stereocenters. The number of nitrogens with one attached hydrogen (secondary N) is 1. The molecule has 11 heavy (non-hydrogen) atoms. The summed E-state index contributed by atoms with van der Waals surface area (Å²) in [6.45, 7) is 3.53. The zero-order valence-corrected chi connectivity index (χ0v) is 7.85. The highest BCUT2D eigenvalue weighted by molar-refractivity contribution is 7.88. The van der Waals surface area contributed by atoms with E-state index in [1.54, 1.807) is 0 Å². The lowest BCUT2D eigenvalue weighted by Gasteiger charge is -2.17. The molecule has 0 aromatic heterocycles. The molecule has 0 aliphatic carbocycles. The van der Waals surface area contributed by atoms with Crippen LogP contribution in [0.25, 0.3) is 0 Å². The highest BCUT2D eigenvalue weighted by Crippen LogP contribution is 2.00. The van der Waals surface area contributed by atoms with Crippen molar-refractivity contribution < 1.29 is 13.5 Å². The Morgan fingerprint density at radius 2 is 1.91 bits per heavy atom. The van der Waals surface area contributed by atoms with E-state index in [4.69, 9.17) is 5.11 Å². The van der Waals surface area contributed by atoms with Crippen LogP contribution in [-0.4, -0.2) is 32.4 Å². The Labute approximate surface area is 67.7 Å². The molecule has 0 saturated carbocycles. The summed E-state index contributed by atoms with van der Waals surface area (Å²) < 4.78 is 23.7. The van der Waals surface area contributed by atoms with Gasteiger partial charge in [0.2, 0.25) is 10.0 Å². The molecule has 0 bridgehead atoms. The lowest BCUT2D eigenvalue weighted by atomic mass is 10.1. The number of aliphatic hydroxyl groups is 1. The maximum Gasteiger partial charge on any atom is 0.209 e. The second-order valence-corrected chi connectivity index (χ2v) is 4.70. The van der Waals surface area contributed by atoms with Crippen molar-refractivity contribution in [1.82, 2.24) is 4.72 Å². The summed E-state index contributed by atoms with van der Waals surface area (Å²) in [5, 5.41) is 8.73. The Balaban J connectivity index is 4.10. The van der Waals surface area contributed by atoms with Crippen molar-refractivity contribution >= 4 is 10.0 Å². The molecule has 0 aromatic carbocycles. The monoisotopic (exact) mass is 181 g/mol. The van der Waals surface area contributed by atoms with Crippen molar-refractivity contribution in [1.29, 1.82) is 0 Å². The number of sulfonamides is 1. The van der Waals surface area contributed by atoms with Gasteiger partial charge in [0.25, 0.3) is 0 Å². The van der Waals surface area contributed by atoms with Gasteiger partial charge in [0.15, 0.2) is 0 Å². The minimum absolute atomic E-state index is 0.106. The second kappa shape index (κ2) is 4.04. The third-order valence-corrected chi connectivity index (χ3v) is 2.10. The van der Waals surface area contributed by atoms with E-state index in [2.05, 4.69) is 4.72 Å². The van der Waals surface area contributed by atoms with E-state index in [0.29, 0.717) is 0 Å². The van der Waals surface area contributed by atoms with Gasteiger partial charge in [-0.05, 0) is 5.92 Å². The molecular weight excluding hydrogens is 166 g/mol. The minimum Gasteiger partial charge on any atom is -0.395 e. The van der Waals surface area contributed by atoms with Gasteiger partial charge in [-0.3, -0.25) is 0 Å². The zero-order valence-electron chi connectivity index (χ0n) is 7.03. The first-order valence-corrected chi connectivity index (χ1v) is 5.34. The van der Waals surface area contributed by atoms with Crippen LogP contribution in [0.15, 0.2) is 0 Å². The predicted molar refractivity (Wildman–Crippen MR) is 43.7 cm³/mol. The van der Waals surface area contributed by atoms with Gasteiger partial charge in [0.05, 0.1) is 12.9 Å². The SMILES string of the molecule is CC(C)[C@@H](CO)NS(C)(=O)=O. The minimum atomic E-state index is -3.19. The largest absolute Gasteiger partial charge is 0.395 e. The molecule has 4 nitrogen and oxygen atoms in total. The van der Waals surface area contributed by atoms with Gasteiger partial charge < -0.3 is 5.11 Å². The summed E-state index contributed by atoms with van der Waals surface area (Å²) in [4.78, 5) is 0. The first kappa shape index (κ1) is 10.9. The fourth-order valence-electron chi connectivity index (χ4n) is 0.659. The summed E-state index contributed by atoms with van der Waals surface area (Å²) in [6.07, 6.45) is 1.08. The molecule has 0 amide bonds. The van der Waals surface area contributed by atoms with Crippen LogP contribution < -0.4 is 4.72 Å². The molecule has 0 fully saturated rings. The first-order valence-electron chi connectivity index (χ1n) is 3.45. The van der Waals surface area contributed by atoms with Crippen LogP contribution in [0.5, 0.6) is 0 Å². The summed E-state index contributed by atoms with van der Waals surface area (Å²) in [5.41, 5.74) is 0. The highest BCUT2D eigenvalue weighted by atomic mass is 32.2. The standard InChI is InChI=1S/C6H15NO3S/c1-5(2)6(4-8)7-11(3,9)10/h5-8H,4H2,1-3H3/t6-/m1/s1. The Bertz CT molecular complexity index is 198. The lowest BCUT2D eigenvalue weighted by molar-refractivity contribution is 0.228. The normalized spacial score (nSPS) is 15.4. The van der Waals surface area contributed by atoms with Gasteiger partial charge in [0, 0.05) is 6.04 Å². The van der Waals surface area contributed by atoms with Crippen molar-refractivity contribution in [2.24, 2.45) is 5.92 Å². The lowest BCUT2D eigenvalue weighted by Crippen LogP contribution is -2.40. The number of hydrogen-bond donors (Lipinski definition) is 2. The molecule has 0 heterocycles. The van der Waals surface area contributed by atoms with E-state index < -0.39 is 10.0 Å². The van der Waals surface area contributed by atoms with E-state index in [1.807, 2.05) is 13.8 Å². The Morgan fingerprint density at radius 3 is 2.00 bits per heavy atom. The van der Waals surface area contributed by atoms with Crippen LogP contribution in [0, 0.1) is 5.92 Å². The van der Waals surface area contributed by atoms with E-state index >= 15 is 0 Å². The molecule has 2 N–H and O–H groups in total. The van der Waals surface area contributed by atoms with Crippen molar-refractivity contribution in [3.05, 3.63) is 0 Å². The third kappa shape index (κ3) is 5.17. The molecule has 0 spiro atoms. The zero-order chi connectivity index (χ0) is 9.07. The number of rotatable bonds is 4. The quantitative estimate of drug-likeness (QED) is 0.617. The molecule has 68 valence electrons. The third-order valence-electron chi connectivity index (χ3n) is 1.37. The second-order valence-electron chi connectivity index (χ2n) is 2.92. The van der Waals surface area contributed by atoms with Gasteiger partial charge in [0.1, 0.15) is 0 Å². The van der Waals surface area contributed by atoms with Crippen molar-refractivity contribution in [2.75, 3.05) is 12.9 Å². The van der Waals surface area contributed by atoms with Gasteiger partial charge in [-0.1, -0.05) is 13.8 Å². The van der Waals surface area contributed by atoms with Gasteiger partial charge >= 0.3 is 0 Å². The maximum absolute atomic E-state index is 10.7. The van der Waals surface area contributed by atoms with E-state index in [9.17, 15) is 8.42 Å². The van der Waals surface area contributed by atoms with Crippen LogP contribution in [0.1, 0.15) is 13.8 Å². The van der Waals surface area contributed by atoms with Gasteiger partial charge in [-0.15, -0.1) is 0 Å². The molecule has 0 aliphatic rings. The van der Waals surface area contributed by atoms with E-state index in [0.717, 1.165) is 6.26 Å². The van der Waals surface area contributed by atoms with Crippen molar-refractivity contribution in [3.63, 3.8) is 0 Å². The van der Waals surface area contributed by atoms with Crippen LogP contribution in [0.4, 0.5) is 0 Å². The summed E-state index contributed by atoms with van der Waals surface area (Å²) in [7, 11) is -3.19. The fraction of sp³-hybridized carbons (Fsp3) is 1.00. The molecule has 0 aliphatic heterocycles. The average molecular weight is 181 g/mol. The summed E-state index contributed by atoms with van der Waals surface area (Å²) >= 11 is 0. The Morgan fingerprint density at radius 1 is 1.45 bits per heavy atom. The maximum atomic E-state index is 10.7. The summed E-state index contributed by atoms with van der Waals surface area (Å²) in [5.74, 6) is 0.106. The smallest absolute Gasteiger partial charge is 0.209 e. The number of hydrogen-bond acceptors (Lipinski definition) is 3. The van der Waals surface area contributed by atoms with Crippen molar-refractivity contribution in [3.8, 4) is 0 Å². The van der Waals surface area contributed by atoms with Crippen LogP contribution in [0.2, 0.25) is 0 Å². The molecular formula is C6H15NO3S. The predicted octanol–water partition coefficient (Wildman–Crippen LogP) is -0.448. The molecule has 5 heteroatoms. The van der Waals surface area contributed by atoms with Crippen LogP contribution >= 0.6 is 0 Å². The Hall–Kier alpha value is -0.130. The molecule has 0 rings (SSSR count). The summed E-state index contributed by atoms with van der Waals surface area (Å²) in [6, 6.07) is -0.370. The molecule has 0 unspecified atom stereocenters. The van der Waals surface area contributed by atoms with Crippen LogP contribution in [-0.2, 0) is 10.0 Å². The average Bonchev–Trinajstić information content (AvgIpc) is 1.80. The van der Waals surface area contributed by atoms with Crippen molar-refractivity contribution in [2.45, 2.75) is 19.9 Å².